The van der Waals surface area contributed by atoms with E-state index in [1.54, 1.807) is 21.1 Å². The number of carbonyl (C=O) groups is 1. The molecule has 0 radical (unpaired) electrons. The van der Waals surface area contributed by atoms with Gasteiger partial charge in [-0.25, -0.2) is 8.98 Å². The van der Waals surface area contributed by atoms with Gasteiger partial charge in [-0.2, -0.15) is 18.6 Å². The van der Waals surface area contributed by atoms with Crippen LogP contribution >= 0.6 is 11.6 Å². The molecule has 1 N–H and O–H groups in total. The summed E-state index contributed by atoms with van der Waals surface area (Å²) in [7, 11) is 4.80. The fraction of sp³-hybridized carbons (Fsp3) is 0.235. The summed E-state index contributed by atoms with van der Waals surface area (Å²) in [5, 5.41) is 10.5. The summed E-state index contributed by atoms with van der Waals surface area (Å²) < 4.78 is 57.4. The van der Waals surface area contributed by atoms with Gasteiger partial charge in [0.15, 0.2) is 11.6 Å². The van der Waals surface area contributed by atoms with Crippen LogP contribution in [-0.2, 0) is 6.18 Å². The third-order valence-electron chi connectivity index (χ3n) is 3.39. The summed E-state index contributed by atoms with van der Waals surface area (Å²) in [5.41, 5.74) is 0.251. The van der Waals surface area contributed by atoms with Crippen LogP contribution in [0, 0.1) is 15.9 Å². The van der Waals surface area contributed by atoms with Crippen molar-refractivity contribution in [3.8, 4) is 11.5 Å². The second kappa shape index (κ2) is 7.84. The molecule has 0 fully saturated rings. The van der Waals surface area contributed by atoms with Gasteiger partial charge in [-0.15, -0.1) is 0 Å². The average molecular weight is 437 g/mol. The van der Waals surface area contributed by atoms with E-state index in [2.05, 4.69) is 5.43 Å². The monoisotopic (exact) mass is 436 g/mol. The molecule has 0 saturated heterocycles. The van der Waals surface area contributed by atoms with Crippen molar-refractivity contribution in [3.05, 3.63) is 62.4 Å². The largest absolute Gasteiger partial charge is 0.453 e. The number of nitrogens with zero attached hydrogens (tertiary/aromatic N) is 2. The second-order valence-electron chi connectivity index (χ2n) is 6.76. The normalized spacial score (nSPS) is 11.9. The molecule has 1 amide bonds. The van der Waals surface area contributed by atoms with E-state index in [1.165, 1.54) is 0 Å². The lowest BCUT2D eigenvalue weighted by atomic mass is 10.1. The Kier molecular flexibility index (Phi) is 6.04. The maximum Gasteiger partial charge on any atom is 0.416 e. The van der Waals surface area contributed by atoms with Crippen LogP contribution in [-0.4, -0.2) is 36.6 Å². The van der Waals surface area contributed by atoms with E-state index < -0.39 is 44.8 Å². The zero-order chi connectivity index (χ0) is 22.1. The Balaban J connectivity index is 2.46. The van der Waals surface area contributed by atoms with Crippen molar-refractivity contribution in [3.63, 3.8) is 0 Å². The first-order valence-corrected chi connectivity index (χ1v) is 8.23. The first kappa shape index (κ1) is 22.4. The number of hydrogen-bond donors (Lipinski definition) is 1. The number of amides is 1. The Morgan fingerprint density at radius 3 is 2.31 bits per heavy atom. The summed E-state index contributed by atoms with van der Waals surface area (Å²) in [6.45, 7) is 0. The van der Waals surface area contributed by atoms with E-state index in [0.717, 1.165) is 18.2 Å². The van der Waals surface area contributed by atoms with Crippen LogP contribution in [0.25, 0.3) is 0 Å². The molecule has 0 spiro atoms. The number of carbonyl (C=O) groups excluding carboxylic acids is 1. The van der Waals surface area contributed by atoms with Gasteiger partial charge < -0.3 is 4.74 Å². The summed E-state index contributed by atoms with van der Waals surface area (Å²) in [6.07, 6.45) is -4.81. The lowest BCUT2D eigenvalue weighted by Gasteiger charge is -2.23. The number of ether oxygens (including phenoxy) is 1. The topological polar surface area (TPSA) is 81.5 Å². The molecule has 2 aromatic rings. The van der Waals surface area contributed by atoms with Gasteiger partial charge in [0.25, 0.3) is 5.69 Å². The number of halogens is 5. The smallest absolute Gasteiger partial charge is 0.416 e. The first-order chi connectivity index (χ1) is 13.2. The van der Waals surface area contributed by atoms with Crippen LogP contribution in [0.5, 0.6) is 11.5 Å². The molecule has 0 aliphatic rings. The minimum absolute atomic E-state index is 0.0551. The van der Waals surface area contributed by atoms with Gasteiger partial charge in [-0.3, -0.25) is 14.9 Å². The molecule has 0 heterocycles. The molecule has 0 aliphatic carbocycles. The number of rotatable bonds is 5. The lowest BCUT2D eigenvalue weighted by molar-refractivity contribution is -0.905. The van der Waals surface area contributed by atoms with E-state index in [9.17, 15) is 32.5 Å². The third kappa shape index (κ3) is 5.55. The van der Waals surface area contributed by atoms with Crippen LogP contribution in [0.2, 0.25) is 5.02 Å². The highest BCUT2D eigenvalue weighted by Crippen LogP contribution is 2.39. The minimum atomic E-state index is -4.81. The Labute approximate surface area is 167 Å². The predicted octanol–water partition coefficient (Wildman–Crippen LogP) is 4.55. The maximum absolute atomic E-state index is 14.1. The van der Waals surface area contributed by atoms with Crippen molar-refractivity contribution >= 4 is 23.2 Å². The highest BCUT2D eigenvalue weighted by atomic mass is 35.5. The molecule has 0 aromatic heterocycles. The molecule has 2 rings (SSSR count). The molecule has 0 atom stereocenters. The fourth-order valence-corrected chi connectivity index (χ4v) is 2.47. The standard InChI is InChI=1S/C17H14ClF4N3O4/c1-25(2,3)23-16(26)11-8-10(4-5-14(11)24(27)28)29-15-12(18)6-9(7-13(15)19)17(20,21)22/h4-8H,1-3H3/p+1. The number of quaternary nitrogens is 1. The molecule has 29 heavy (non-hydrogen) atoms. The Bertz CT molecular complexity index is 951. The van der Waals surface area contributed by atoms with Gasteiger partial charge in [0.2, 0.25) is 0 Å². The molecule has 0 aliphatic heterocycles. The molecule has 0 saturated carbocycles. The number of nitrogens with one attached hydrogen (secondary N) is 1. The summed E-state index contributed by atoms with van der Waals surface area (Å²) in [4.78, 5) is 22.8. The molecule has 156 valence electrons. The Hall–Kier alpha value is -2.92. The van der Waals surface area contributed by atoms with Gasteiger partial charge in [-0.05, 0) is 18.2 Å². The molecular weight excluding hydrogens is 422 g/mol. The Morgan fingerprint density at radius 1 is 1.21 bits per heavy atom. The van der Waals surface area contributed by atoms with Gasteiger partial charge in [0, 0.05) is 12.1 Å². The van der Waals surface area contributed by atoms with E-state index in [-0.39, 0.29) is 22.0 Å². The molecule has 12 heteroatoms. The summed E-state index contributed by atoms with van der Waals surface area (Å²) in [6, 6.07) is 3.67. The van der Waals surface area contributed by atoms with E-state index in [4.69, 9.17) is 16.3 Å². The van der Waals surface area contributed by atoms with Gasteiger partial charge in [0.1, 0.15) is 11.3 Å². The van der Waals surface area contributed by atoms with Crippen LogP contribution in [0.1, 0.15) is 15.9 Å². The zero-order valence-electron chi connectivity index (χ0n) is 15.3. The van der Waals surface area contributed by atoms with Gasteiger partial charge >= 0.3 is 12.1 Å². The van der Waals surface area contributed by atoms with Gasteiger partial charge in [0.05, 0.1) is 36.7 Å². The van der Waals surface area contributed by atoms with Gasteiger partial charge in [-0.1, -0.05) is 11.6 Å². The van der Waals surface area contributed by atoms with Crippen LogP contribution < -0.4 is 10.2 Å². The number of nitro benzene ring substituents is 1. The van der Waals surface area contributed by atoms with Crippen molar-refractivity contribution in [1.82, 2.24) is 5.43 Å². The predicted molar refractivity (Wildman–Crippen MR) is 95.1 cm³/mol. The molecule has 2 aromatic carbocycles. The number of benzene rings is 2. The first-order valence-electron chi connectivity index (χ1n) is 7.85. The molecular formula is C17H15ClF4N3O4+. The van der Waals surface area contributed by atoms with Crippen molar-refractivity contribution < 1.29 is 36.6 Å². The highest BCUT2D eigenvalue weighted by molar-refractivity contribution is 6.32. The quantitative estimate of drug-likeness (QED) is 0.323. The molecule has 7 nitrogen and oxygen atoms in total. The third-order valence-corrected chi connectivity index (χ3v) is 3.67. The van der Waals surface area contributed by atoms with Crippen LogP contribution in [0.4, 0.5) is 23.2 Å². The fourth-order valence-electron chi connectivity index (χ4n) is 2.22. The van der Waals surface area contributed by atoms with Crippen molar-refractivity contribution in [2.24, 2.45) is 0 Å². The van der Waals surface area contributed by atoms with Crippen LogP contribution in [0.3, 0.4) is 0 Å². The highest BCUT2D eigenvalue weighted by Gasteiger charge is 2.33. The van der Waals surface area contributed by atoms with Crippen molar-refractivity contribution in [2.75, 3.05) is 21.1 Å². The van der Waals surface area contributed by atoms with E-state index in [0.29, 0.717) is 6.07 Å². The second-order valence-corrected chi connectivity index (χ2v) is 7.17. The minimum Gasteiger partial charge on any atom is -0.453 e. The Morgan fingerprint density at radius 2 is 1.83 bits per heavy atom. The lowest BCUT2D eigenvalue weighted by Crippen LogP contribution is -2.51. The maximum atomic E-state index is 14.1. The number of alkyl halides is 3. The molecule has 0 unspecified atom stereocenters. The van der Waals surface area contributed by atoms with Crippen molar-refractivity contribution in [1.29, 1.82) is 0 Å². The SMILES string of the molecule is C[N+](C)(C)NC(=O)c1cc(Oc2c(F)cc(C(F)(F)F)cc2Cl)ccc1[N+](=O)[O-]. The zero-order valence-corrected chi connectivity index (χ0v) is 16.1. The number of hydrogen-bond acceptors (Lipinski definition) is 4. The van der Waals surface area contributed by atoms with E-state index >= 15 is 0 Å². The van der Waals surface area contributed by atoms with Crippen molar-refractivity contribution in [2.45, 2.75) is 6.18 Å². The average Bonchev–Trinajstić information content (AvgIpc) is 2.55. The number of nitro groups is 1. The summed E-state index contributed by atoms with van der Waals surface area (Å²) >= 11 is 5.71. The van der Waals surface area contributed by atoms with E-state index in [1.807, 2.05) is 0 Å². The van der Waals surface area contributed by atoms with Crippen LogP contribution in [0.15, 0.2) is 30.3 Å². The summed E-state index contributed by atoms with van der Waals surface area (Å²) in [5.74, 6) is -3.15. The molecule has 0 bridgehead atoms.